The second-order valence-electron chi connectivity index (χ2n) is 4.23. The van der Waals surface area contributed by atoms with E-state index < -0.39 is 0 Å². The number of thioether (sulfide) groups is 1. The van der Waals surface area contributed by atoms with E-state index in [9.17, 15) is 4.79 Å². The number of ether oxygens (including phenoxy) is 1. The van der Waals surface area contributed by atoms with E-state index >= 15 is 0 Å². The van der Waals surface area contributed by atoms with Gasteiger partial charge in [-0.25, -0.2) is 4.79 Å². The fourth-order valence-corrected chi connectivity index (χ4v) is 2.93. The van der Waals surface area contributed by atoms with Gasteiger partial charge in [-0.05, 0) is 26.0 Å². The van der Waals surface area contributed by atoms with E-state index in [2.05, 4.69) is 20.4 Å². The van der Waals surface area contributed by atoms with Crippen molar-refractivity contribution >= 4 is 17.7 Å². The summed E-state index contributed by atoms with van der Waals surface area (Å²) in [6, 6.07) is 0. The van der Waals surface area contributed by atoms with E-state index in [1.165, 1.54) is 0 Å². The number of hydrogen-bond acceptors (Lipinski definition) is 5. The van der Waals surface area contributed by atoms with Gasteiger partial charge in [0, 0.05) is 11.3 Å². The number of rotatable bonds is 3. The summed E-state index contributed by atoms with van der Waals surface area (Å²) in [6.07, 6.45) is 3.58. The van der Waals surface area contributed by atoms with Crippen molar-refractivity contribution in [3.8, 4) is 11.3 Å². The monoisotopic (exact) mass is 278 g/mol. The van der Waals surface area contributed by atoms with Crippen LogP contribution in [0.5, 0.6) is 0 Å². The van der Waals surface area contributed by atoms with Crippen LogP contribution in [0.1, 0.15) is 28.7 Å². The average molecular weight is 278 g/mol. The number of hydrogen-bond donors (Lipinski definition) is 2. The van der Waals surface area contributed by atoms with Gasteiger partial charge in [0.25, 0.3) is 0 Å². The molecule has 0 saturated heterocycles. The van der Waals surface area contributed by atoms with Crippen molar-refractivity contribution in [3.63, 3.8) is 0 Å². The molecule has 0 saturated carbocycles. The van der Waals surface area contributed by atoms with Crippen molar-refractivity contribution < 1.29 is 9.53 Å². The molecule has 0 aromatic carbocycles. The van der Waals surface area contributed by atoms with Crippen LogP contribution < -0.4 is 0 Å². The molecular weight excluding hydrogens is 264 g/mol. The molecular formula is C12H14N4O2S. The lowest BCUT2D eigenvalue weighted by atomic mass is 9.94. The minimum Gasteiger partial charge on any atom is -0.461 e. The zero-order valence-electron chi connectivity index (χ0n) is 10.7. The molecule has 0 unspecified atom stereocenters. The number of aryl methyl sites for hydroxylation is 1. The molecule has 19 heavy (non-hydrogen) atoms. The lowest BCUT2D eigenvalue weighted by Crippen LogP contribution is -2.10. The van der Waals surface area contributed by atoms with Crippen LogP contribution in [-0.2, 0) is 17.6 Å². The van der Waals surface area contributed by atoms with E-state index in [0.717, 1.165) is 40.4 Å². The molecule has 0 aliphatic heterocycles. The smallest absolute Gasteiger partial charge is 0.356 e. The van der Waals surface area contributed by atoms with E-state index in [0.29, 0.717) is 12.3 Å². The van der Waals surface area contributed by atoms with Gasteiger partial charge in [0.1, 0.15) is 16.4 Å². The maximum atomic E-state index is 11.9. The molecule has 3 rings (SSSR count). The Morgan fingerprint density at radius 2 is 2.21 bits per heavy atom. The number of carbonyl (C=O) groups is 1. The Hall–Kier alpha value is -1.76. The topological polar surface area (TPSA) is 83.7 Å². The van der Waals surface area contributed by atoms with Crippen molar-refractivity contribution in [2.45, 2.75) is 24.8 Å². The summed E-state index contributed by atoms with van der Waals surface area (Å²) < 4.78 is 5.04. The van der Waals surface area contributed by atoms with Gasteiger partial charge in [-0.15, -0.1) is 11.8 Å². The number of aromatic amines is 2. The van der Waals surface area contributed by atoms with E-state index in [4.69, 9.17) is 4.74 Å². The van der Waals surface area contributed by atoms with Crippen LogP contribution in [-0.4, -0.2) is 39.2 Å². The first-order valence-corrected chi connectivity index (χ1v) is 7.34. The van der Waals surface area contributed by atoms with Gasteiger partial charge in [-0.3, -0.25) is 10.2 Å². The number of esters is 1. The quantitative estimate of drug-likeness (QED) is 0.660. The molecule has 2 aromatic heterocycles. The Balaban J connectivity index is 2.08. The third kappa shape index (κ3) is 1.85. The van der Waals surface area contributed by atoms with E-state index in [-0.39, 0.29) is 5.97 Å². The predicted octanol–water partition coefficient (Wildman–Crippen LogP) is 1.80. The lowest BCUT2D eigenvalue weighted by molar-refractivity contribution is 0.0518. The highest BCUT2D eigenvalue weighted by Gasteiger charge is 2.29. The first-order valence-electron chi connectivity index (χ1n) is 6.12. The average Bonchev–Trinajstić information content (AvgIpc) is 3.01. The fourth-order valence-electron chi connectivity index (χ4n) is 2.37. The Kier molecular flexibility index (Phi) is 3.06. The van der Waals surface area contributed by atoms with Crippen molar-refractivity contribution in [1.82, 2.24) is 20.4 Å². The zero-order valence-corrected chi connectivity index (χ0v) is 11.6. The highest BCUT2D eigenvalue weighted by molar-refractivity contribution is 7.98. The molecule has 1 aliphatic rings. The molecule has 0 amide bonds. The number of nitrogens with one attached hydrogen (secondary N) is 2. The van der Waals surface area contributed by atoms with Gasteiger partial charge in [-0.2, -0.15) is 10.2 Å². The summed E-state index contributed by atoms with van der Waals surface area (Å²) in [5, 5.41) is 15.3. The summed E-state index contributed by atoms with van der Waals surface area (Å²) in [5.41, 5.74) is 4.32. The van der Waals surface area contributed by atoms with Gasteiger partial charge in [0.15, 0.2) is 0 Å². The van der Waals surface area contributed by atoms with Crippen molar-refractivity contribution in [2.24, 2.45) is 0 Å². The first-order chi connectivity index (χ1) is 9.26. The van der Waals surface area contributed by atoms with E-state index in [1.54, 1.807) is 18.7 Å². The van der Waals surface area contributed by atoms with Gasteiger partial charge in [-0.1, -0.05) is 0 Å². The third-order valence-corrected chi connectivity index (χ3v) is 3.89. The van der Waals surface area contributed by atoms with Gasteiger partial charge in [0.05, 0.1) is 12.2 Å². The third-order valence-electron chi connectivity index (χ3n) is 3.21. The minimum atomic E-state index is -0.339. The fraction of sp³-hybridized carbons (Fsp3) is 0.417. The lowest BCUT2D eigenvalue weighted by Gasteiger charge is -2.11. The summed E-state index contributed by atoms with van der Waals surface area (Å²) in [7, 11) is 0. The second-order valence-corrected chi connectivity index (χ2v) is 5.03. The first kappa shape index (κ1) is 12.3. The van der Waals surface area contributed by atoms with Crippen LogP contribution in [0.3, 0.4) is 0 Å². The van der Waals surface area contributed by atoms with Crippen molar-refractivity contribution in [2.75, 3.05) is 12.9 Å². The van der Waals surface area contributed by atoms with E-state index in [1.807, 2.05) is 6.26 Å². The maximum Gasteiger partial charge on any atom is 0.356 e. The van der Waals surface area contributed by atoms with Gasteiger partial charge < -0.3 is 4.74 Å². The van der Waals surface area contributed by atoms with Crippen LogP contribution in [0, 0.1) is 0 Å². The van der Waals surface area contributed by atoms with Gasteiger partial charge in [0.2, 0.25) is 0 Å². The maximum absolute atomic E-state index is 11.9. The summed E-state index contributed by atoms with van der Waals surface area (Å²) >= 11 is 1.57. The molecule has 2 heterocycles. The molecule has 2 aromatic rings. The molecule has 7 heteroatoms. The minimum absolute atomic E-state index is 0.339. The molecule has 0 radical (unpaired) electrons. The molecule has 0 atom stereocenters. The zero-order chi connectivity index (χ0) is 13.4. The molecule has 1 aliphatic carbocycles. The van der Waals surface area contributed by atoms with Crippen LogP contribution in [0.2, 0.25) is 0 Å². The summed E-state index contributed by atoms with van der Waals surface area (Å²) in [6.45, 7) is 2.15. The van der Waals surface area contributed by atoms with Crippen molar-refractivity contribution in [3.05, 3.63) is 17.0 Å². The molecule has 0 fully saturated rings. The molecule has 2 N–H and O–H groups in total. The molecule has 6 nitrogen and oxygen atoms in total. The highest BCUT2D eigenvalue weighted by atomic mass is 32.2. The standard InChI is InChI=1S/C12H14N4O2S/c1-3-18-12(17)10-6-4-5-7-8(9(6)14-15-10)11(19-2)16-13-7/h3-5H2,1-2H3,(H,13,16)(H,14,15). The molecule has 0 spiro atoms. The largest absolute Gasteiger partial charge is 0.461 e. The van der Waals surface area contributed by atoms with Crippen LogP contribution in [0.4, 0.5) is 0 Å². The van der Waals surface area contributed by atoms with Crippen LogP contribution in [0.25, 0.3) is 11.3 Å². The normalized spacial score (nSPS) is 12.9. The summed E-state index contributed by atoms with van der Waals surface area (Å²) in [4.78, 5) is 11.9. The Labute approximate surface area is 114 Å². The number of fused-ring (bicyclic) bond motifs is 3. The second kappa shape index (κ2) is 4.73. The van der Waals surface area contributed by atoms with Crippen LogP contribution in [0.15, 0.2) is 5.03 Å². The Morgan fingerprint density at radius 3 is 2.95 bits per heavy atom. The SMILES string of the molecule is CCOC(=O)c1[nH]nc2c1CCc1[nH]nc(SC)c1-2. The molecule has 0 bridgehead atoms. The number of nitrogens with zero attached hydrogens (tertiary/aromatic N) is 2. The predicted molar refractivity (Wildman–Crippen MR) is 71.3 cm³/mol. The number of carbonyl (C=O) groups excluding carboxylic acids is 1. The van der Waals surface area contributed by atoms with Crippen LogP contribution >= 0.6 is 11.8 Å². The Morgan fingerprint density at radius 1 is 1.37 bits per heavy atom. The van der Waals surface area contributed by atoms with Gasteiger partial charge >= 0.3 is 5.97 Å². The number of aromatic nitrogens is 4. The summed E-state index contributed by atoms with van der Waals surface area (Å²) in [5.74, 6) is -0.339. The highest BCUT2D eigenvalue weighted by Crippen LogP contribution is 2.38. The number of H-pyrrole nitrogens is 2. The molecule has 100 valence electrons. The Bertz CT molecular complexity index is 618. The van der Waals surface area contributed by atoms with Crippen molar-refractivity contribution in [1.29, 1.82) is 0 Å².